The number of aryl methyl sites for hydroxylation is 2. The molecule has 2 aromatic rings. The Morgan fingerprint density at radius 1 is 1.50 bits per heavy atom. The van der Waals surface area contributed by atoms with E-state index < -0.39 is 0 Å². The van der Waals surface area contributed by atoms with Crippen molar-refractivity contribution in [2.45, 2.75) is 19.4 Å². The lowest BCUT2D eigenvalue weighted by atomic mass is 9.99. The fourth-order valence-corrected chi connectivity index (χ4v) is 2.35. The maximum absolute atomic E-state index is 5.62. The Morgan fingerprint density at radius 3 is 2.83 bits per heavy atom. The first-order valence-corrected chi connectivity index (χ1v) is 6.34. The fourth-order valence-electron chi connectivity index (χ4n) is 1.88. The van der Waals surface area contributed by atoms with Gasteiger partial charge in [-0.25, -0.2) is 0 Å². The molecule has 1 atom stereocenters. The molecule has 0 saturated carbocycles. The highest BCUT2D eigenvalue weighted by molar-refractivity contribution is 9.10. The maximum atomic E-state index is 5.62. The summed E-state index contributed by atoms with van der Waals surface area (Å²) in [6, 6.07) is 6.07. The highest BCUT2D eigenvalue weighted by Gasteiger charge is 2.15. The van der Waals surface area contributed by atoms with Crippen LogP contribution in [0.2, 0.25) is 0 Å². The lowest BCUT2D eigenvalue weighted by molar-refractivity contribution is 0.534. The van der Waals surface area contributed by atoms with Crippen molar-refractivity contribution in [2.24, 2.45) is 12.9 Å². The van der Waals surface area contributed by atoms with Gasteiger partial charge in [-0.05, 0) is 35.4 Å². The Hall–Kier alpha value is -1.31. The lowest BCUT2D eigenvalue weighted by Crippen LogP contribution is -2.30. The second-order valence-electron chi connectivity index (χ2n) is 4.12. The molecule has 0 fully saturated rings. The number of aromatic nitrogens is 4. The van der Waals surface area contributed by atoms with E-state index in [2.05, 4.69) is 49.8 Å². The number of nitrogens with zero attached hydrogens (tertiary/aromatic N) is 4. The van der Waals surface area contributed by atoms with Crippen LogP contribution in [0.5, 0.6) is 0 Å². The van der Waals surface area contributed by atoms with Gasteiger partial charge in [-0.3, -0.25) is 11.3 Å². The number of hydrogen-bond donors (Lipinski definition) is 2. The zero-order valence-electron chi connectivity index (χ0n) is 10.3. The average Bonchev–Trinajstić information content (AvgIpc) is 2.72. The maximum Gasteiger partial charge on any atom is 0.176 e. The van der Waals surface area contributed by atoms with Crippen LogP contribution in [0.15, 0.2) is 22.7 Å². The number of benzene rings is 1. The first-order chi connectivity index (χ1) is 8.60. The van der Waals surface area contributed by atoms with Gasteiger partial charge in [0.2, 0.25) is 0 Å². The van der Waals surface area contributed by atoms with Crippen LogP contribution < -0.4 is 11.3 Å². The molecule has 0 radical (unpaired) electrons. The first-order valence-electron chi connectivity index (χ1n) is 5.55. The minimum atomic E-state index is -0.0256. The number of hydrogen-bond acceptors (Lipinski definition) is 5. The number of hydrazine groups is 1. The van der Waals surface area contributed by atoms with Crippen molar-refractivity contribution in [3.63, 3.8) is 0 Å². The largest absolute Gasteiger partial charge is 0.271 e. The minimum Gasteiger partial charge on any atom is -0.271 e. The van der Waals surface area contributed by atoms with Crippen LogP contribution in [0, 0.1) is 6.92 Å². The van der Waals surface area contributed by atoms with E-state index in [1.807, 2.05) is 12.1 Å². The van der Waals surface area contributed by atoms with Gasteiger partial charge < -0.3 is 0 Å². The van der Waals surface area contributed by atoms with E-state index in [-0.39, 0.29) is 6.04 Å². The predicted octanol–water partition coefficient (Wildman–Crippen LogP) is 1.03. The number of rotatable bonds is 4. The standard InChI is InChI=1S/C11H15BrN6/c1-7-5-8(12)3-4-9(7)10(14-13)6-11-15-17-18(2)16-11/h3-5,10,14H,6,13H2,1-2H3. The van der Waals surface area contributed by atoms with Crippen molar-refractivity contribution in [1.82, 2.24) is 25.6 Å². The summed E-state index contributed by atoms with van der Waals surface area (Å²) >= 11 is 3.45. The van der Waals surface area contributed by atoms with E-state index in [0.29, 0.717) is 12.2 Å². The average molecular weight is 311 g/mol. The molecule has 1 aromatic carbocycles. The van der Waals surface area contributed by atoms with Crippen molar-refractivity contribution in [1.29, 1.82) is 0 Å². The molecule has 0 aliphatic rings. The Kier molecular flexibility index (Phi) is 4.05. The Labute approximate surface area is 114 Å². The monoisotopic (exact) mass is 310 g/mol. The third-order valence-corrected chi connectivity index (χ3v) is 3.24. The molecule has 1 heterocycles. The van der Waals surface area contributed by atoms with Crippen LogP contribution in [0.1, 0.15) is 23.0 Å². The highest BCUT2D eigenvalue weighted by Crippen LogP contribution is 2.23. The number of tetrazole rings is 1. The summed E-state index contributed by atoms with van der Waals surface area (Å²) < 4.78 is 1.05. The Morgan fingerprint density at radius 2 is 2.28 bits per heavy atom. The predicted molar refractivity (Wildman–Crippen MR) is 71.4 cm³/mol. The lowest BCUT2D eigenvalue weighted by Gasteiger charge is -2.17. The smallest absolute Gasteiger partial charge is 0.176 e. The van der Waals surface area contributed by atoms with Gasteiger partial charge >= 0.3 is 0 Å². The molecule has 7 heteroatoms. The van der Waals surface area contributed by atoms with E-state index in [0.717, 1.165) is 15.6 Å². The van der Waals surface area contributed by atoms with Crippen molar-refractivity contribution in [3.05, 3.63) is 39.6 Å². The third kappa shape index (κ3) is 2.92. The summed E-state index contributed by atoms with van der Waals surface area (Å²) in [7, 11) is 1.74. The number of halogens is 1. The molecule has 0 bridgehead atoms. The van der Waals surface area contributed by atoms with Gasteiger partial charge in [-0.1, -0.05) is 22.0 Å². The second-order valence-corrected chi connectivity index (χ2v) is 5.04. The molecule has 3 N–H and O–H groups in total. The number of nitrogens with one attached hydrogen (secondary N) is 1. The van der Waals surface area contributed by atoms with E-state index in [1.165, 1.54) is 4.80 Å². The van der Waals surface area contributed by atoms with Crippen LogP contribution in [0.25, 0.3) is 0 Å². The van der Waals surface area contributed by atoms with Crippen LogP contribution in [0.4, 0.5) is 0 Å². The normalized spacial score (nSPS) is 12.7. The molecule has 1 unspecified atom stereocenters. The Balaban J connectivity index is 2.22. The summed E-state index contributed by atoms with van der Waals surface area (Å²) in [5.41, 5.74) is 5.10. The van der Waals surface area contributed by atoms with E-state index in [9.17, 15) is 0 Å². The molecule has 18 heavy (non-hydrogen) atoms. The summed E-state index contributed by atoms with van der Waals surface area (Å²) in [5, 5.41) is 11.9. The van der Waals surface area contributed by atoms with E-state index in [4.69, 9.17) is 5.84 Å². The molecule has 96 valence electrons. The first kappa shape index (κ1) is 13.1. The van der Waals surface area contributed by atoms with Crippen LogP contribution in [0.3, 0.4) is 0 Å². The van der Waals surface area contributed by atoms with Crippen LogP contribution >= 0.6 is 15.9 Å². The highest BCUT2D eigenvalue weighted by atomic mass is 79.9. The zero-order chi connectivity index (χ0) is 13.1. The topological polar surface area (TPSA) is 81.7 Å². The molecule has 0 spiro atoms. The second kappa shape index (κ2) is 5.55. The van der Waals surface area contributed by atoms with Crippen molar-refractivity contribution < 1.29 is 0 Å². The van der Waals surface area contributed by atoms with Crippen molar-refractivity contribution in [3.8, 4) is 0 Å². The third-order valence-electron chi connectivity index (χ3n) is 2.74. The molecular weight excluding hydrogens is 296 g/mol. The van der Waals surface area contributed by atoms with E-state index in [1.54, 1.807) is 7.05 Å². The summed E-state index contributed by atoms with van der Waals surface area (Å²) in [5.74, 6) is 6.29. The molecule has 0 aliphatic heterocycles. The summed E-state index contributed by atoms with van der Waals surface area (Å²) in [4.78, 5) is 1.44. The van der Waals surface area contributed by atoms with Gasteiger partial charge in [-0.2, -0.15) is 4.80 Å². The van der Waals surface area contributed by atoms with Crippen LogP contribution in [-0.2, 0) is 13.5 Å². The molecule has 1 aromatic heterocycles. The van der Waals surface area contributed by atoms with Gasteiger partial charge in [0.15, 0.2) is 5.82 Å². The number of nitrogens with two attached hydrogens (primary N) is 1. The van der Waals surface area contributed by atoms with Gasteiger partial charge in [0, 0.05) is 10.9 Å². The van der Waals surface area contributed by atoms with Gasteiger partial charge in [0.1, 0.15) is 0 Å². The zero-order valence-corrected chi connectivity index (χ0v) is 11.8. The SMILES string of the molecule is Cc1cc(Br)ccc1C(Cc1nnn(C)n1)NN. The van der Waals surface area contributed by atoms with Gasteiger partial charge in [0.05, 0.1) is 13.1 Å². The summed E-state index contributed by atoms with van der Waals surface area (Å²) in [6.07, 6.45) is 0.604. The quantitative estimate of drug-likeness (QED) is 0.651. The van der Waals surface area contributed by atoms with Gasteiger partial charge in [0.25, 0.3) is 0 Å². The van der Waals surface area contributed by atoms with Crippen LogP contribution in [-0.4, -0.2) is 20.2 Å². The molecule has 2 rings (SSSR count). The Bertz CT molecular complexity index is 538. The molecule has 0 saturated heterocycles. The fraction of sp³-hybridized carbons (Fsp3) is 0.364. The van der Waals surface area contributed by atoms with Gasteiger partial charge in [-0.15, -0.1) is 10.2 Å². The molecule has 0 amide bonds. The molecule has 6 nitrogen and oxygen atoms in total. The minimum absolute atomic E-state index is 0.0256. The van der Waals surface area contributed by atoms with E-state index >= 15 is 0 Å². The molecular formula is C11H15BrN6. The van der Waals surface area contributed by atoms with Crippen molar-refractivity contribution in [2.75, 3.05) is 0 Å². The molecule has 0 aliphatic carbocycles. The summed E-state index contributed by atoms with van der Waals surface area (Å²) in [6.45, 7) is 2.05. The van der Waals surface area contributed by atoms with Crippen molar-refractivity contribution >= 4 is 15.9 Å².